The van der Waals surface area contributed by atoms with Crippen LogP contribution in [0.2, 0.25) is 5.02 Å². The smallest absolute Gasteiger partial charge is 0.267 e. The maximum absolute atomic E-state index is 12.9. The highest BCUT2D eigenvalue weighted by Gasteiger charge is 2.20. The van der Waals surface area contributed by atoms with Gasteiger partial charge in [0.1, 0.15) is 16.4 Å². The van der Waals surface area contributed by atoms with Gasteiger partial charge in [-0.3, -0.25) is 4.79 Å². The molecule has 0 radical (unpaired) electrons. The van der Waals surface area contributed by atoms with Gasteiger partial charge in [-0.2, -0.15) is 0 Å². The summed E-state index contributed by atoms with van der Waals surface area (Å²) >= 11 is 7.99. The Bertz CT molecular complexity index is 1170. The molecule has 0 saturated carbocycles. The summed E-state index contributed by atoms with van der Waals surface area (Å²) in [7, 11) is 3.12. The van der Waals surface area contributed by atoms with E-state index in [0.29, 0.717) is 27.1 Å². The molecule has 0 aliphatic heterocycles. The minimum absolute atomic E-state index is 0.270. The maximum atomic E-state index is 12.9. The van der Waals surface area contributed by atoms with E-state index < -0.39 is 0 Å². The fraction of sp³-hybridized carbons (Fsp3) is 0.0952. The van der Waals surface area contributed by atoms with Crippen molar-refractivity contribution < 1.29 is 14.3 Å². The predicted molar refractivity (Wildman–Crippen MR) is 112 cm³/mol. The summed E-state index contributed by atoms with van der Waals surface area (Å²) in [5.41, 5.74) is 0.557. The Kier molecular flexibility index (Phi) is 4.64. The number of hydrogen-bond acceptors (Lipinski definition) is 4. The van der Waals surface area contributed by atoms with Crippen LogP contribution in [0.3, 0.4) is 0 Å². The zero-order valence-corrected chi connectivity index (χ0v) is 16.3. The molecular weight excluding hydrogens is 382 g/mol. The molecule has 4 aromatic rings. The number of hydrogen-bond donors (Lipinski definition) is 1. The Morgan fingerprint density at radius 3 is 2.63 bits per heavy atom. The van der Waals surface area contributed by atoms with Gasteiger partial charge in [-0.05, 0) is 29.0 Å². The average molecular weight is 398 g/mol. The third-order valence-corrected chi connectivity index (χ3v) is 6.03. The number of thiophene rings is 1. The lowest BCUT2D eigenvalue weighted by atomic mass is 10.1. The standard InChI is InChI=1S/C21H16ClNO3S/c1-25-13-8-9-15(16(11-13)26-2)23-21(24)20-19(22)18-14-6-4-3-5-12(14)7-10-17(18)27-20/h3-11H,1-2H3,(H,23,24). The highest BCUT2D eigenvalue weighted by atomic mass is 35.5. The molecule has 136 valence electrons. The summed E-state index contributed by atoms with van der Waals surface area (Å²) in [6.45, 7) is 0. The van der Waals surface area contributed by atoms with Crippen LogP contribution in [-0.4, -0.2) is 20.1 Å². The molecule has 6 heteroatoms. The lowest BCUT2D eigenvalue weighted by molar-refractivity contribution is 0.103. The molecule has 0 atom stereocenters. The number of halogens is 1. The van der Waals surface area contributed by atoms with Crippen LogP contribution in [0.25, 0.3) is 20.9 Å². The number of benzene rings is 3. The third-order valence-electron chi connectivity index (χ3n) is 4.38. The molecule has 0 aliphatic rings. The van der Waals surface area contributed by atoms with Crippen LogP contribution in [-0.2, 0) is 0 Å². The topological polar surface area (TPSA) is 47.6 Å². The van der Waals surface area contributed by atoms with E-state index >= 15 is 0 Å². The Balaban J connectivity index is 1.75. The van der Waals surface area contributed by atoms with Gasteiger partial charge in [0.05, 0.1) is 24.9 Å². The highest BCUT2D eigenvalue weighted by molar-refractivity contribution is 7.22. The summed E-state index contributed by atoms with van der Waals surface area (Å²) in [5.74, 6) is 0.898. The number of nitrogens with one attached hydrogen (secondary N) is 1. The van der Waals surface area contributed by atoms with E-state index in [-0.39, 0.29) is 5.91 Å². The molecule has 1 heterocycles. The molecule has 0 fully saturated rings. The van der Waals surface area contributed by atoms with Crippen molar-refractivity contribution in [2.75, 3.05) is 19.5 Å². The number of anilines is 1. The fourth-order valence-electron chi connectivity index (χ4n) is 3.06. The number of fused-ring (bicyclic) bond motifs is 3. The first-order chi connectivity index (χ1) is 13.1. The minimum atomic E-state index is -0.270. The Morgan fingerprint density at radius 2 is 1.85 bits per heavy atom. The summed E-state index contributed by atoms with van der Waals surface area (Å²) in [4.78, 5) is 13.4. The van der Waals surface area contributed by atoms with Crippen LogP contribution in [0.4, 0.5) is 5.69 Å². The summed E-state index contributed by atoms with van der Waals surface area (Å²) < 4.78 is 11.5. The highest BCUT2D eigenvalue weighted by Crippen LogP contribution is 2.40. The van der Waals surface area contributed by atoms with Crippen LogP contribution in [0.15, 0.2) is 54.6 Å². The zero-order valence-electron chi connectivity index (χ0n) is 14.7. The molecule has 3 aromatic carbocycles. The van der Waals surface area contributed by atoms with Crippen LogP contribution in [0.1, 0.15) is 9.67 Å². The van der Waals surface area contributed by atoms with Gasteiger partial charge in [-0.25, -0.2) is 0 Å². The second-order valence-corrected chi connectivity index (χ2v) is 7.36. The molecule has 0 spiro atoms. The van der Waals surface area contributed by atoms with Crippen molar-refractivity contribution in [3.8, 4) is 11.5 Å². The van der Waals surface area contributed by atoms with Gasteiger partial charge >= 0.3 is 0 Å². The van der Waals surface area contributed by atoms with Crippen molar-refractivity contribution in [3.05, 3.63) is 64.5 Å². The van der Waals surface area contributed by atoms with Crippen molar-refractivity contribution in [2.45, 2.75) is 0 Å². The minimum Gasteiger partial charge on any atom is -0.497 e. The monoisotopic (exact) mass is 397 g/mol. The number of methoxy groups -OCH3 is 2. The molecule has 0 bridgehead atoms. The molecule has 1 amide bonds. The summed E-state index contributed by atoms with van der Waals surface area (Å²) in [6, 6.07) is 17.3. The fourth-order valence-corrected chi connectivity index (χ4v) is 4.52. The van der Waals surface area contributed by atoms with Crippen molar-refractivity contribution >= 4 is 55.4 Å². The van der Waals surface area contributed by atoms with Gasteiger partial charge in [0.25, 0.3) is 5.91 Å². The molecule has 1 aromatic heterocycles. The van der Waals surface area contributed by atoms with Crippen LogP contribution >= 0.6 is 22.9 Å². The quantitative estimate of drug-likeness (QED) is 0.461. The van der Waals surface area contributed by atoms with Gasteiger partial charge in [0.15, 0.2) is 0 Å². The van der Waals surface area contributed by atoms with Gasteiger partial charge in [0.2, 0.25) is 0 Å². The Morgan fingerprint density at radius 1 is 1.04 bits per heavy atom. The van der Waals surface area contributed by atoms with Gasteiger partial charge < -0.3 is 14.8 Å². The first-order valence-electron chi connectivity index (χ1n) is 8.25. The number of ether oxygens (including phenoxy) is 2. The molecule has 0 unspecified atom stereocenters. The van der Waals surface area contributed by atoms with Crippen LogP contribution in [0.5, 0.6) is 11.5 Å². The average Bonchev–Trinajstić information content (AvgIpc) is 3.05. The molecule has 0 aliphatic carbocycles. The van der Waals surface area contributed by atoms with E-state index in [2.05, 4.69) is 5.32 Å². The zero-order chi connectivity index (χ0) is 19.0. The molecule has 1 N–H and O–H groups in total. The van der Waals surface area contributed by atoms with E-state index in [1.807, 2.05) is 36.4 Å². The van der Waals surface area contributed by atoms with E-state index in [4.69, 9.17) is 21.1 Å². The predicted octanol–water partition coefficient (Wildman–Crippen LogP) is 5.98. The number of rotatable bonds is 4. The van der Waals surface area contributed by atoms with E-state index in [1.165, 1.54) is 11.3 Å². The van der Waals surface area contributed by atoms with E-state index in [0.717, 1.165) is 20.9 Å². The normalized spacial score (nSPS) is 10.9. The Hall–Kier alpha value is -2.76. The van der Waals surface area contributed by atoms with Crippen molar-refractivity contribution in [1.82, 2.24) is 0 Å². The van der Waals surface area contributed by atoms with E-state index in [1.54, 1.807) is 32.4 Å². The summed E-state index contributed by atoms with van der Waals surface area (Å²) in [6.07, 6.45) is 0. The molecular formula is C21H16ClNO3S. The number of amides is 1. The first kappa shape index (κ1) is 17.6. The molecule has 4 nitrogen and oxygen atoms in total. The van der Waals surface area contributed by atoms with E-state index in [9.17, 15) is 4.79 Å². The molecule has 0 saturated heterocycles. The number of carbonyl (C=O) groups is 1. The lowest BCUT2D eigenvalue weighted by Crippen LogP contribution is -2.11. The van der Waals surface area contributed by atoms with Crippen molar-refractivity contribution in [3.63, 3.8) is 0 Å². The maximum Gasteiger partial charge on any atom is 0.267 e. The lowest BCUT2D eigenvalue weighted by Gasteiger charge is -2.11. The SMILES string of the molecule is COc1ccc(NC(=O)c2sc3ccc4ccccc4c3c2Cl)c(OC)c1. The van der Waals surface area contributed by atoms with Gasteiger partial charge in [-0.15, -0.1) is 11.3 Å². The van der Waals surface area contributed by atoms with Crippen LogP contribution in [0, 0.1) is 0 Å². The number of carbonyl (C=O) groups excluding carboxylic acids is 1. The molecule has 27 heavy (non-hydrogen) atoms. The second-order valence-electron chi connectivity index (χ2n) is 5.93. The van der Waals surface area contributed by atoms with Gasteiger partial charge in [0, 0.05) is 16.2 Å². The van der Waals surface area contributed by atoms with Crippen LogP contribution < -0.4 is 14.8 Å². The Labute approximate surface area is 165 Å². The largest absolute Gasteiger partial charge is 0.497 e. The first-order valence-corrected chi connectivity index (χ1v) is 9.45. The van der Waals surface area contributed by atoms with Gasteiger partial charge in [-0.1, -0.05) is 41.9 Å². The third kappa shape index (κ3) is 3.09. The van der Waals surface area contributed by atoms with Crippen molar-refractivity contribution in [1.29, 1.82) is 0 Å². The van der Waals surface area contributed by atoms with Crippen molar-refractivity contribution in [2.24, 2.45) is 0 Å². The second kappa shape index (κ2) is 7.10. The molecule has 4 rings (SSSR count). The summed E-state index contributed by atoms with van der Waals surface area (Å²) in [5, 5.41) is 6.39.